The van der Waals surface area contributed by atoms with Crippen LogP contribution in [0.1, 0.15) is 10.4 Å². The fourth-order valence-electron chi connectivity index (χ4n) is 1.21. The molecule has 5 heteroatoms. The highest BCUT2D eigenvalue weighted by Crippen LogP contribution is 2.16. The Hall–Kier alpha value is -2.04. The third-order valence-electron chi connectivity index (χ3n) is 1.87. The predicted octanol–water partition coefficient (Wildman–Crippen LogP) is 0.0154. The molecule has 66 valence electrons. The van der Waals surface area contributed by atoms with Crippen molar-refractivity contribution in [2.24, 2.45) is 5.73 Å². The van der Waals surface area contributed by atoms with Crippen molar-refractivity contribution in [2.45, 2.75) is 0 Å². The minimum absolute atomic E-state index is 0.256. The second-order valence-electron chi connectivity index (χ2n) is 2.67. The normalized spacial score (nSPS) is 10.5. The van der Waals surface area contributed by atoms with Gasteiger partial charge in [0.15, 0.2) is 0 Å². The largest absolute Gasteiger partial charge is 0.396 e. The van der Waals surface area contributed by atoms with Crippen LogP contribution >= 0.6 is 0 Å². The molecule has 5 nitrogen and oxygen atoms in total. The van der Waals surface area contributed by atoms with Gasteiger partial charge in [0.1, 0.15) is 0 Å². The molecule has 2 aromatic rings. The fourth-order valence-corrected chi connectivity index (χ4v) is 1.21. The molecule has 13 heavy (non-hydrogen) atoms. The zero-order valence-corrected chi connectivity index (χ0v) is 6.77. The number of hydrogen-bond acceptors (Lipinski definition) is 3. The van der Waals surface area contributed by atoms with Crippen LogP contribution in [0.5, 0.6) is 0 Å². The third-order valence-corrected chi connectivity index (χ3v) is 1.87. The Morgan fingerprint density at radius 1 is 1.54 bits per heavy atom. The van der Waals surface area contributed by atoms with Gasteiger partial charge in [-0.05, 0) is 12.1 Å². The van der Waals surface area contributed by atoms with Gasteiger partial charge in [0.25, 0.3) is 5.91 Å². The summed E-state index contributed by atoms with van der Waals surface area (Å²) in [5.41, 5.74) is 12.1. The summed E-state index contributed by atoms with van der Waals surface area (Å²) in [6, 6.07) is 3.57. The monoisotopic (exact) mass is 176 g/mol. The first kappa shape index (κ1) is 7.60. The van der Waals surface area contributed by atoms with E-state index in [2.05, 4.69) is 5.10 Å². The van der Waals surface area contributed by atoms with Crippen LogP contribution in [0.25, 0.3) is 5.52 Å². The summed E-state index contributed by atoms with van der Waals surface area (Å²) in [5, 5.41) is 3.96. The standard InChI is InChI=1S/C8H8N4O/c9-7-5(8(10)13)4-11-12-3-1-2-6(7)12/h1-4H,9H2,(H2,10,13). The lowest BCUT2D eigenvalue weighted by atomic mass is 10.2. The topological polar surface area (TPSA) is 86.4 Å². The predicted molar refractivity (Wildman–Crippen MR) is 48.1 cm³/mol. The maximum atomic E-state index is 10.9. The molecule has 0 atom stereocenters. The van der Waals surface area contributed by atoms with Gasteiger partial charge >= 0.3 is 0 Å². The van der Waals surface area contributed by atoms with Crippen molar-refractivity contribution in [2.75, 3.05) is 5.73 Å². The lowest BCUT2D eigenvalue weighted by Crippen LogP contribution is -2.15. The number of nitrogens with two attached hydrogens (primary N) is 2. The number of amides is 1. The van der Waals surface area contributed by atoms with Gasteiger partial charge in [-0.25, -0.2) is 4.52 Å². The maximum Gasteiger partial charge on any atom is 0.252 e. The molecule has 0 aliphatic carbocycles. The van der Waals surface area contributed by atoms with E-state index in [0.29, 0.717) is 11.2 Å². The zero-order valence-electron chi connectivity index (χ0n) is 6.77. The highest BCUT2D eigenvalue weighted by atomic mass is 16.1. The number of aromatic nitrogens is 2. The molecule has 1 amide bonds. The van der Waals surface area contributed by atoms with E-state index in [1.807, 2.05) is 0 Å². The summed E-state index contributed by atoms with van der Waals surface area (Å²) in [7, 11) is 0. The van der Waals surface area contributed by atoms with Crippen molar-refractivity contribution < 1.29 is 4.79 Å². The molecule has 0 aromatic carbocycles. The molecular formula is C8H8N4O. The Labute approximate surface area is 73.9 Å². The van der Waals surface area contributed by atoms with Crippen molar-refractivity contribution in [1.29, 1.82) is 0 Å². The minimum atomic E-state index is -0.561. The van der Waals surface area contributed by atoms with E-state index >= 15 is 0 Å². The molecule has 2 heterocycles. The Kier molecular flexibility index (Phi) is 1.45. The first-order valence-corrected chi connectivity index (χ1v) is 3.72. The van der Waals surface area contributed by atoms with E-state index in [-0.39, 0.29) is 5.56 Å². The van der Waals surface area contributed by atoms with Crippen molar-refractivity contribution in [1.82, 2.24) is 9.61 Å². The molecule has 0 saturated carbocycles. The first-order chi connectivity index (χ1) is 6.20. The zero-order chi connectivity index (χ0) is 9.42. The van der Waals surface area contributed by atoms with Crippen LogP contribution in [-0.4, -0.2) is 15.5 Å². The number of carbonyl (C=O) groups is 1. The summed E-state index contributed by atoms with van der Waals surface area (Å²) in [4.78, 5) is 10.9. The Morgan fingerprint density at radius 3 is 3.00 bits per heavy atom. The Bertz CT molecular complexity index is 474. The van der Waals surface area contributed by atoms with Gasteiger partial charge in [0.2, 0.25) is 0 Å². The number of carbonyl (C=O) groups excluding carboxylic acids is 1. The van der Waals surface area contributed by atoms with Gasteiger partial charge < -0.3 is 11.5 Å². The van der Waals surface area contributed by atoms with Gasteiger partial charge in [0, 0.05) is 6.20 Å². The first-order valence-electron chi connectivity index (χ1n) is 3.72. The van der Waals surface area contributed by atoms with Crippen molar-refractivity contribution in [3.63, 3.8) is 0 Å². The Morgan fingerprint density at radius 2 is 2.31 bits per heavy atom. The Balaban J connectivity index is 2.80. The van der Waals surface area contributed by atoms with E-state index in [4.69, 9.17) is 11.5 Å². The fraction of sp³-hybridized carbons (Fsp3) is 0. The average molecular weight is 176 g/mol. The highest BCUT2D eigenvalue weighted by molar-refractivity contribution is 6.00. The average Bonchev–Trinajstić information content (AvgIpc) is 2.52. The lowest BCUT2D eigenvalue weighted by molar-refractivity contribution is 0.100. The summed E-state index contributed by atoms with van der Waals surface area (Å²) >= 11 is 0. The summed E-state index contributed by atoms with van der Waals surface area (Å²) in [6.07, 6.45) is 3.11. The van der Waals surface area contributed by atoms with Gasteiger partial charge in [-0.15, -0.1) is 0 Å². The molecule has 0 spiro atoms. The molecular weight excluding hydrogens is 168 g/mol. The number of fused-ring (bicyclic) bond motifs is 1. The third kappa shape index (κ3) is 1.01. The van der Waals surface area contributed by atoms with Crippen LogP contribution in [0, 0.1) is 0 Å². The minimum Gasteiger partial charge on any atom is -0.396 e. The van der Waals surface area contributed by atoms with E-state index in [9.17, 15) is 4.79 Å². The molecule has 0 radical (unpaired) electrons. The van der Waals surface area contributed by atoms with Crippen molar-refractivity contribution in [3.05, 3.63) is 30.1 Å². The second kappa shape index (κ2) is 2.48. The molecule has 0 saturated heterocycles. The smallest absolute Gasteiger partial charge is 0.252 e. The second-order valence-corrected chi connectivity index (χ2v) is 2.67. The maximum absolute atomic E-state index is 10.9. The molecule has 2 rings (SSSR count). The van der Waals surface area contributed by atoms with Crippen LogP contribution in [-0.2, 0) is 0 Å². The number of rotatable bonds is 1. The molecule has 4 N–H and O–H groups in total. The number of anilines is 1. The van der Waals surface area contributed by atoms with E-state index < -0.39 is 5.91 Å². The quantitative estimate of drug-likeness (QED) is 0.641. The molecule has 2 aromatic heterocycles. The lowest BCUT2D eigenvalue weighted by Gasteiger charge is -2.02. The number of nitrogens with zero attached hydrogens (tertiary/aromatic N) is 2. The van der Waals surface area contributed by atoms with Gasteiger partial charge in [0.05, 0.1) is 23.0 Å². The number of primary amides is 1. The van der Waals surface area contributed by atoms with Crippen LogP contribution in [0.15, 0.2) is 24.5 Å². The van der Waals surface area contributed by atoms with Gasteiger partial charge in [-0.1, -0.05) is 0 Å². The summed E-state index contributed by atoms with van der Waals surface area (Å²) in [5.74, 6) is -0.561. The number of nitrogen functional groups attached to an aromatic ring is 1. The van der Waals surface area contributed by atoms with Crippen LogP contribution < -0.4 is 11.5 Å². The summed E-state index contributed by atoms with van der Waals surface area (Å²) < 4.78 is 1.59. The highest BCUT2D eigenvalue weighted by Gasteiger charge is 2.09. The molecule has 0 fully saturated rings. The summed E-state index contributed by atoms with van der Waals surface area (Å²) in [6.45, 7) is 0. The SMILES string of the molecule is NC(=O)c1cnn2cccc2c1N. The molecule has 0 unspecified atom stereocenters. The van der Waals surface area contributed by atoms with Crippen LogP contribution in [0.4, 0.5) is 5.69 Å². The van der Waals surface area contributed by atoms with Gasteiger partial charge in [-0.2, -0.15) is 5.10 Å². The van der Waals surface area contributed by atoms with Crippen LogP contribution in [0.2, 0.25) is 0 Å². The van der Waals surface area contributed by atoms with Gasteiger partial charge in [-0.3, -0.25) is 4.79 Å². The van der Waals surface area contributed by atoms with E-state index in [1.54, 1.807) is 22.8 Å². The van der Waals surface area contributed by atoms with Crippen molar-refractivity contribution >= 4 is 17.1 Å². The molecule has 0 aliphatic rings. The van der Waals surface area contributed by atoms with E-state index in [0.717, 1.165) is 0 Å². The molecule has 0 bridgehead atoms. The number of hydrogen-bond donors (Lipinski definition) is 2. The van der Waals surface area contributed by atoms with Crippen LogP contribution in [0.3, 0.4) is 0 Å². The van der Waals surface area contributed by atoms with E-state index in [1.165, 1.54) is 6.20 Å². The van der Waals surface area contributed by atoms with Crippen molar-refractivity contribution in [3.8, 4) is 0 Å². The molecule has 0 aliphatic heterocycles.